The summed E-state index contributed by atoms with van der Waals surface area (Å²) in [6.45, 7) is 3.64. The highest BCUT2D eigenvalue weighted by atomic mass is 16.3. The third-order valence-corrected chi connectivity index (χ3v) is 4.40. The zero-order valence-corrected chi connectivity index (χ0v) is 11.2. The molecule has 1 aliphatic carbocycles. The summed E-state index contributed by atoms with van der Waals surface area (Å²) in [7, 11) is 4.29. The van der Waals surface area contributed by atoms with Crippen molar-refractivity contribution in [2.75, 3.05) is 40.3 Å². The molecule has 2 rings (SSSR count). The van der Waals surface area contributed by atoms with E-state index in [-0.39, 0.29) is 18.7 Å². The molecule has 1 saturated heterocycles. The number of likely N-dealkylation sites (N-methyl/N-ethyl adjacent to an activating group) is 1. The van der Waals surface area contributed by atoms with E-state index in [2.05, 4.69) is 23.9 Å². The van der Waals surface area contributed by atoms with Crippen molar-refractivity contribution in [1.29, 1.82) is 0 Å². The van der Waals surface area contributed by atoms with Crippen LogP contribution in [0.3, 0.4) is 0 Å². The molecule has 3 atom stereocenters. The lowest BCUT2D eigenvalue weighted by Crippen LogP contribution is -2.51. The Morgan fingerprint density at radius 3 is 2.59 bits per heavy atom. The molecule has 1 saturated carbocycles. The summed E-state index contributed by atoms with van der Waals surface area (Å²) in [4.78, 5) is 4.67. The lowest BCUT2D eigenvalue weighted by Gasteiger charge is -2.33. The number of hydrogen-bond acceptors (Lipinski definition) is 4. The molecule has 3 unspecified atom stereocenters. The minimum atomic E-state index is 0.147. The number of aliphatic hydroxyl groups is 1. The number of nitrogens with two attached hydrogens (primary N) is 1. The van der Waals surface area contributed by atoms with Crippen molar-refractivity contribution < 1.29 is 5.11 Å². The molecule has 0 radical (unpaired) electrons. The zero-order valence-electron chi connectivity index (χ0n) is 11.2. The van der Waals surface area contributed by atoms with Gasteiger partial charge in [0.2, 0.25) is 0 Å². The molecular weight excluding hydrogens is 214 g/mol. The number of hydrogen-bond donors (Lipinski definition) is 2. The maximum atomic E-state index is 9.54. The quantitative estimate of drug-likeness (QED) is 0.685. The number of rotatable bonds is 6. The molecule has 0 aromatic heterocycles. The fourth-order valence-corrected chi connectivity index (χ4v) is 3.07. The predicted molar refractivity (Wildman–Crippen MR) is 69.8 cm³/mol. The Hall–Kier alpha value is -0.160. The Kier molecular flexibility index (Phi) is 4.42. The summed E-state index contributed by atoms with van der Waals surface area (Å²) in [6, 6.07) is 0.303. The van der Waals surface area contributed by atoms with Gasteiger partial charge in [-0.05, 0) is 51.7 Å². The van der Waals surface area contributed by atoms with E-state index < -0.39 is 0 Å². The Bertz CT molecular complexity index is 245. The standard InChI is InChI=1S/C13H27N3O/c1-15-6-5-10(7-15)8-16(2)12(9-17)13(14)11-3-4-11/h10-13,17H,3-9,14H2,1-2H3. The van der Waals surface area contributed by atoms with Gasteiger partial charge in [-0.1, -0.05) is 0 Å². The van der Waals surface area contributed by atoms with Crippen molar-refractivity contribution in [3.05, 3.63) is 0 Å². The van der Waals surface area contributed by atoms with Crippen LogP contribution >= 0.6 is 0 Å². The minimum absolute atomic E-state index is 0.147. The summed E-state index contributed by atoms with van der Waals surface area (Å²) >= 11 is 0. The van der Waals surface area contributed by atoms with Crippen molar-refractivity contribution in [2.24, 2.45) is 17.6 Å². The Morgan fingerprint density at radius 2 is 2.12 bits per heavy atom. The van der Waals surface area contributed by atoms with E-state index in [4.69, 9.17) is 5.73 Å². The molecule has 0 bridgehead atoms. The van der Waals surface area contributed by atoms with Gasteiger partial charge >= 0.3 is 0 Å². The third kappa shape index (κ3) is 3.41. The maximum absolute atomic E-state index is 9.54. The van der Waals surface area contributed by atoms with E-state index in [0.29, 0.717) is 5.92 Å². The summed E-state index contributed by atoms with van der Waals surface area (Å²) in [6.07, 6.45) is 3.77. The van der Waals surface area contributed by atoms with Crippen LogP contribution in [0.5, 0.6) is 0 Å². The van der Waals surface area contributed by atoms with Crippen molar-refractivity contribution in [2.45, 2.75) is 31.3 Å². The molecular formula is C13H27N3O. The first-order valence-corrected chi connectivity index (χ1v) is 6.87. The van der Waals surface area contributed by atoms with Gasteiger partial charge in [-0.3, -0.25) is 4.90 Å². The van der Waals surface area contributed by atoms with Gasteiger partial charge in [-0.15, -0.1) is 0 Å². The average Bonchev–Trinajstić information content (AvgIpc) is 3.05. The van der Waals surface area contributed by atoms with Crippen LogP contribution in [-0.2, 0) is 0 Å². The first-order valence-electron chi connectivity index (χ1n) is 6.87. The molecule has 0 aromatic carbocycles. The van der Waals surface area contributed by atoms with Crippen LogP contribution in [0.15, 0.2) is 0 Å². The fourth-order valence-electron chi connectivity index (χ4n) is 3.07. The Morgan fingerprint density at radius 1 is 1.41 bits per heavy atom. The van der Waals surface area contributed by atoms with Gasteiger partial charge < -0.3 is 15.7 Å². The highest BCUT2D eigenvalue weighted by molar-refractivity contribution is 4.93. The molecule has 1 heterocycles. The molecule has 4 nitrogen and oxygen atoms in total. The lowest BCUT2D eigenvalue weighted by atomic mass is 10.0. The number of aliphatic hydroxyl groups excluding tert-OH is 1. The first-order chi connectivity index (χ1) is 8.11. The largest absolute Gasteiger partial charge is 0.395 e. The fraction of sp³-hybridized carbons (Fsp3) is 1.00. The highest BCUT2D eigenvalue weighted by Crippen LogP contribution is 2.34. The molecule has 0 spiro atoms. The maximum Gasteiger partial charge on any atom is 0.0601 e. The predicted octanol–water partition coefficient (Wildman–Crippen LogP) is -0.0319. The van der Waals surface area contributed by atoms with Crippen molar-refractivity contribution in [1.82, 2.24) is 9.80 Å². The second-order valence-corrected chi connectivity index (χ2v) is 6.02. The molecule has 0 amide bonds. The molecule has 3 N–H and O–H groups in total. The van der Waals surface area contributed by atoms with Crippen LogP contribution < -0.4 is 5.73 Å². The molecule has 100 valence electrons. The van der Waals surface area contributed by atoms with Gasteiger partial charge in [0.15, 0.2) is 0 Å². The van der Waals surface area contributed by atoms with E-state index in [1.54, 1.807) is 0 Å². The van der Waals surface area contributed by atoms with Crippen LogP contribution in [-0.4, -0.2) is 67.3 Å². The average molecular weight is 241 g/mol. The molecule has 17 heavy (non-hydrogen) atoms. The molecule has 4 heteroatoms. The number of likely N-dealkylation sites (tertiary alicyclic amines) is 1. The Balaban J connectivity index is 1.81. The van der Waals surface area contributed by atoms with Crippen molar-refractivity contribution in [3.8, 4) is 0 Å². The van der Waals surface area contributed by atoms with E-state index in [1.807, 2.05) is 0 Å². The van der Waals surface area contributed by atoms with Crippen molar-refractivity contribution >= 4 is 0 Å². The van der Waals surface area contributed by atoms with Gasteiger partial charge in [0.05, 0.1) is 6.61 Å². The first kappa shape index (κ1) is 13.3. The van der Waals surface area contributed by atoms with Crippen LogP contribution in [0.2, 0.25) is 0 Å². The smallest absolute Gasteiger partial charge is 0.0601 e. The van der Waals surface area contributed by atoms with Crippen molar-refractivity contribution in [3.63, 3.8) is 0 Å². The summed E-state index contributed by atoms with van der Waals surface area (Å²) < 4.78 is 0. The lowest BCUT2D eigenvalue weighted by molar-refractivity contribution is 0.107. The highest BCUT2D eigenvalue weighted by Gasteiger charge is 2.36. The van der Waals surface area contributed by atoms with Crippen LogP contribution in [0.25, 0.3) is 0 Å². The summed E-state index contributed by atoms with van der Waals surface area (Å²) in [5, 5.41) is 9.54. The summed E-state index contributed by atoms with van der Waals surface area (Å²) in [5.41, 5.74) is 6.22. The van der Waals surface area contributed by atoms with E-state index >= 15 is 0 Å². The van der Waals surface area contributed by atoms with E-state index in [9.17, 15) is 5.11 Å². The van der Waals surface area contributed by atoms with Gasteiger partial charge in [0.1, 0.15) is 0 Å². The molecule has 2 fully saturated rings. The summed E-state index contributed by atoms with van der Waals surface area (Å²) in [5.74, 6) is 1.39. The van der Waals surface area contributed by atoms with Crippen LogP contribution in [0.4, 0.5) is 0 Å². The zero-order chi connectivity index (χ0) is 12.4. The van der Waals surface area contributed by atoms with Gasteiger partial charge in [-0.2, -0.15) is 0 Å². The second-order valence-electron chi connectivity index (χ2n) is 6.02. The second kappa shape index (κ2) is 5.65. The third-order valence-electron chi connectivity index (χ3n) is 4.40. The SMILES string of the molecule is CN1CCC(CN(C)C(CO)C(N)C2CC2)C1. The number of nitrogens with zero attached hydrogens (tertiary/aromatic N) is 2. The molecule has 2 aliphatic rings. The minimum Gasteiger partial charge on any atom is -0.395 e. The van der Waals surface area contributed by atoms with E-state index in [1.165, 1.54) is 32.4 Å². The monoisotopic (exact) mass is 241 g/mol. The Labute approximate surface area is 105 Å². The molecule has 1 aliphatic heterocycles. The normalized spacial score (nSPS) is 29.8. The van der Waals surface area contributed by atoms with Gasteiger partial charge in [0.25, 0.3) is 0 Å². The van der Waals surface area contributed by atoms with Crippen LogP contribution in [0.1, 0.15) is 19.3 Å². The van der Waals surface area contributed by atoms with Gasteiger partial charge in [-0.25, -0.2) is 0 Å². The van der Waals surface area contributed by atoms with Gasteiger partial charge in [0, 0.05) is 25.2 Å². The molecule has 0 aromatic rings. The van der Waals surface area contributed by atoms with E-state index in [0.717, 1.165) is 12.5 Å². The van der Waals surface area contributed by atoms with Crippen LogP contribution in [0, 0.1) is 11.8 Å². The topological polar surface area (TPSA) is 52.7 Å².